The van der Waals surface area contributed by atoms with Gasteiger partial charge in [0.2, 0.25) is 5.01 Å². The number of aromatic nitrogens is 1. The SMILES string of the molecule is CC(CNCc1csc(C(=O)O)n1)C(C)(C)C. The predicted molar refractivity (Wildman–Crippen MR) is 69.4 cm³/mol. The van der Waals surface area contributed by atoms with Crippen LogP contribution < -0.4 is 5.32 Å². The molecule has 1 rings (SSSR count). The van der Waals surface area contributed by atoms with E-state index in [1.165, 1.54) is 11.3 Å². The molecule has 17 heavy (non-hydrogen) atoms. The molecule has 0 fully saturated rings. The van der Waals surface area contributed by atoms with Gasteiger partial charge in [-0.1, -0.05) is 27.7 Å². The maximum Gasteiger partial charge on any atom is 0.365 e. The van der Waals surface area contributed by atoms with Crippen molar-refractivity contribution in [2.75, 3.05) is 6.54 Å². The predicted octanol–water partition coefficient (Wildman–Crippen LogP) is 2.61. The van der Waals surface area contributed by atoms with Crippen molar-refractivity contribution in [1.29, 1.82) is 0 Å². The number of carboxylic acid groups (broad SMARTS) is 1. The standard InChI is InChI=1S/C12H20N2O2S/c1-8(12(2,3)4)5-13-6-9-7-17-10(14-9)11(15)16/h7-8,13H,5-6H2,1-4H3,(H,15,16). The summed E-state index contributed by atoms with van der Waals surface area (Å²) in [5, 5.41) is 14.0. The molecule has 0 bridgehead atoms. The molecular formula is C12H20N2O2S. The maximum atomic E-state index is 10.7. The molecule has 1 unspecified atom stereocenters. The van der Waals surface area contributed by atoms with Crippen LogP contribution in [-0.4, -0.2) is 22.6 Å². The molecule has 0 saturated heterocycles. The van der Waals surface area contributed by atoms with Crippen molar-refractivity contribution in [2.24, 2.45) is 11.3 Å². The molecule has 1 aromatic rings. The second-order valence-corrected chi connectivity index (χ2v) is 6.21. The van der Waals surface area contributed by atoms with Crippen LogP contribution in [-0.2, 0) is 6.54 Å². The van der Waals surface area contributed by atoms with E-state index in [1.807, 2.05) is 0 Å². The number of nitrogens with one attached hydrogen (secondary N) is 1. The van der Waals surface area contributed by atoms with Crippen LogP contribution in [0.3, 0.4) is 0 Å². The Balaban J connectivity index is 2.38. The zero-order valence-corrected chi connectivity index (χ0v) is 11.6. The van der Waals surface area contributed by atoms with Gasteiger partial charge >= 0.3 is 5.97 Å². The van der Waals surface area contributed by atoms with Crippen molar-refractivity contribution in [1.82, 2.24) is 10.3 Å². The smallest absolute Gasteiger partial charge is 0.365 e. The third-order valence-corrected chi connectivity index (χ3v) is 3.85. The van der Waals surface area contributed by atoms with E-state index in [4.69, 9.17) is 5.11 Å². The summed E-state index contributed by atoms with van der Waals surface area (Å²) >= 11 is 1.17. The molecule has 0 aliphatic rings. The maximum absolute atomic E-state index is 10.7. The number of carbonyl (C=O) groups is 1. The lowest BCUT2D eigenvalue weighted by Crippen LogP contribution is -2.29. The van der Waals surface area contributed by atoms with Crippen LogP contribution in [0.15, 0.2) is 5.38 Å². The summed E-state index contributed by atoms with van der Waals surface area (Å²) in [4.78, 5) is 14.7. The van der Waals surface area contributed by atoms with E-state index in [0.717, 1.165) is 12.2 Å². The molecule has 1 atom stereocenters. The third kappa shape index (κ3) is 4.44. The number of thiazole rings is 1. The van der Waals surface area contributed by atoms with Crippen molar-refractivity contribution in [3.8, 4) is 0 Å². The fraction of sp³-hybridized carbons (Fsp3) is 0.667. The Hall–Kier alpha value is -0.940. The van der Waals surface area contributed by atoms with Gasteiger partial charge in [-0.2, -0.15) is 0 Å². The number of carboxylic acids is 1. The Morgan fingerprint density at radius 3 is 2.71 bits per heavy atom. The Morgan fingerprint density at radius 2 is 2.24 bits per heavy atom. The van der Waals surface area contributed by atoms with Gasteiger partial charge in [0.25, 0.3) is 0 Å². The topological polar surface area (TPSA) is 62.2 Å². The fourth-order valence-electron chi connectivity index (χ4n) is 1.21. The van der Waals surface area contributed by atoms with Gasteiger partial charge in [-0.25, -0.2) is 9.78 Å². The number of hydrogen-bond donors (Lipinski definition) is 2. The van der Waals surface area contributed by atoms with E-state index in [9.17, 15) is 4.79 Å². The number of hydrogen-bond acceptors (Lipinski definition) is 4. The summed E-state index contributed by atoms with van der Waals surface area (Å²) in [6, 6.07) is 0. The second-order valence-electron chi connectivity index (χ2n) is 5.35. The lowest BCUT2D eigenvalue weighted by atomic mass is 9.82. The molecule has 5 heteroatoms. The summed E-state index contributed by atoms with van der Waals surface area (Å²) in [6.07, 6.45) is 0. The largest absolute Gasteiger partial charge is 0.476 e. The molecule has 0 saturated carbocycles. The van der Waals surface area contributed by atoms with E-state index >= 15 is 0 Å². The van der Waals surface area contributed by atoms with Gasteiger partial charge in [0.15, 0.2) is 0 Å². The normalized spacial score (nSPS) is 13.6. The lowest BCUT2D eigenvalue weighted by Gasteiger charge is -2.27. The van der Waals surface area contributed by atoms with Crippen LogP contribution in [0.4, 0.5) is 0 Å². The molecular weight excluding hydrogens is 236 g/mol. The van der Waals surface area contributed by atoms with Crippen molar-refractivity contribution < 1.29 is 9.90 Å². The summed E-state index contributed by atoms with van der Waals surface area (Å²) < 4.78 is 0. The average Bonchev–Trinajstić information content (AvgIpc) is 2.64. The molecule has 96 valence electrons. The first kappa shape index (κ1) is 14.1. The average molecular weight is 256 g/mol. The highest BCUT2D eigenvalue weighted by atomic mass is 32.1. The van der Waals surface area contributed by atoms with Crippen molar-refractivity contribution in [3.63, 3.8) is 0 Å². The van der Waals surface area contributed by atoms with Gasteiger partial charge in [-0.3, -0.25) is 0 Å². The van der Waals surface area contributed by atoms with Gasteiger partial charge in [-0.05, 0) is 17.9 Å². The van der Waals surface area contributed by atoms with Crippen molar-refractivity contribution in [3.05, 3.63) is 16.1 Å². The summed E-state index contributed by atoms with van der Waals surface area (Å²) in [5.41, 5.74) is 1.08. The number of rotatable bonds is 5. The lowest BCUT2D eigenvalue weighted by molar-refractivity contribution is 0.0696. The van der Waals surface area contributed by atoms with Gasteiger partial charge < -0.3 is 10.4 Å². The first-order valence-electron chi connectivity index (χ1n) is 5.69. The molecule has 4 nitrogen and oxygen atoms in total. The van der Waals surface area contributed by atoms with Crippen molar-refractivity contribution >= 4 is 17.3 Å². The minimum Gasteiger partial charge on any atom is -0.476 e. The first-order valence-corrected chi connectivity index (χ1v) is 6.57. The van der Waals surface area contributed by atoms with E-state index in [-0.39, 0.29) is 10.4 Å². The van der Waals surface area contributed by atoms with E-state index in [0.29, 0.717) is 12.5 Å². The second kappa shape index (κ2) is 5.60. The molecule has 0 spiro atoms. The third-order valence-electron chi connectivity index (χ3n) is 2.97. The molecule has 1 aromatic heterocycles. The monoisotopic (exact) mass is 256 g/mol. The van der Waals surface area contributed by atoms with Crippen LogP contribution in [0, 0.1) is 11.3 Å². The number of aromatic carboxylic acids is 1. The Bertz CT molecular complexity index is 382. The van der Waals surface area contributed by atoms with Gasteiger partial charge in [0.1, 0.15) is 0 Å². The first-order chi connectivity index (χ1) is 7.80. The minimum absolute atomic E-state index is 0.158. The van der Waals surface area contributed by atoms with E-state index < -0.39 is 5.97 Å². The van der Waals surface area contributed by atoms with Crippen LogP contribution in [0.2, 0.25) is 0 Å². The molecule has 0 radical (unpaired) electrons. The van der Waals surface area contributed by atoms with Gasteiger partial charge in [-0.15, -0.1) is 11.3 Å². The molecule has 1 heterocycles. The fourth-order valence-corrected chi connectivity index (χ4v) is 1.86. The Morgan fingerprint density at radius 1 is 1.59 bits per heavy atom. The quantitative estimate of drug-likeness (QED) is 0.850. The highest BCUT2D eigenvalue weighted by Gasteiger charge is 2.19. The van der Waals surface area contributed by atoms with Crippen LogP contribution in [0.1, 0.15) is 43.2 Å². The summed E-state index contributed by atoms with van der Waals surface area (Å²) in [7, 11) is 0. The number of nitrogens with zero attached hydrogens (tertiary/aromatic N) is 1. The van der Waals surface area contributed by atoms with Crippen LogP contribution in [0.5, 0.6) is 0 Å². The zero-order valence-electron chi connectivity index (χ0n) is 10.8. The summed E-state index contributed by atoms with van der Waals surface area (Å²) in [6.45, 7) is 10.4. The Kier molecular flexibility index (Phi) is 4.65. The molecule has 2 N–H and O–H groups in total. The molecule has 0 amide bonds. The Labute approximate surface area is 106 Å². The highest BCUT2D eigenvalue weighted by molar-refractivity contribution is 7.11. The highest BCUT2D eigenvalue weighted by Crippen LogP contribution is 2.24. The van der Waals surface area contributed by atoms with Gasteiger partial charge in [0, 0.05) is 11.9 Å². The van der Waals surface area contributed by atoms with Gasteiger partial charge in [0.05, 0.1) is 5.69 Å². The molecule has 0 aliphatic carbocycles. The van der Waals surface area contributed by atoms with Crippen molar-refractivity contribution in [2.45, 2.75) is 34.2 Å². The van der Waals surface area contributed by atoms with E-state index in [1.54, 1.807) is 5.38 Å². The van der Waals surface area contributed by atoms with Crippen LogP contribution in [0.25, 0.3) is 0 Å². The minimum atomic E-state index is -0.954. The van der Waals surface area contributed by atoms with E-state index in [2.05, 4.69) is 38.0 Å². The molecule has 0 aliphatic heterocycles. The zero-order chi connectivity index (χ0) is 13.1. The van der Waals surface area contributed by atoms with Crippen LogP contribution >= 0.6 is 11.3 Å². The molecule has 0 aromatic carbocycles. The summed E-state index contributed by atoms with van der Waals surface area (Å²) in [5.74, 6) is -0.399.